The quantitative estimate of drug-likeness (QED) is 0.838. The van der Waals surface area contributed by atoms with Gasteiger partial charge in [0.15, 0.2) is 6.61 Å². The molecule has 0 radical (unpaired) electrons. The average Bonchev–Trinajstić information content (AvgIpc) is 2.48. The number of aromatic hydroxyl groups is 1. The fourth-order valence-electron chi connectivity index (χ4n) is 2.40. The molecule has 0 aliphatic heterocycles. The Labute approximate surface area is 128 Å². The SMILES string of the molecule is O=C(COC(=O)c1cc(Cl)ccc1O)NC1CCCCC1. The van der Waals surface area contributed by atoms with E-state index in [1.54, 1.807) is 0 Å². The predicted octanol–water partition coefficient (Wildman–Crippen LogP) is 2.65. The Hall–Kier alpha value is -1.75. The first kappa shape index (κ1) is 15.6. The molecule has 0 unspecified atom stereocenters. The van der Waals surface area contributed by atoms with Gasteiger partial charge in [-0.2, -0.15) is 0 Å². The maximum absolute atomic E-state index is 11.8. The van der Waals surface area contributed by atoms with Crippen molar-refractivity contribution in [2.75, 3.05) is 6.61 Å². The first-order chi connectivity index (χ1) is 10.1. The Morgan fingerprint density at radius 3 is 2.71 bits per heavy atom. The highest BCUT2D eigenvalue weighted by Crippen LogP contribution is 2.22. The lowest BCUT2D eigenvalue weighted by Gasteiger charge is -2.22. The molecule has 0 saturated heterocycles. The van der Waals surface area contributed by atoms with Crippen LogP contribution in [0.4, 0.5) is 0 Å². The summed E-state index contributed by atoms with van der Waals surface area (Å²) in [5, 5.41) is 12.7. The lowest BCUT2D eigenvalue weighted by atomic mass is 9.95. The van der Waals surface area contributed by atoms with E-state index in [-0.39, 0.29) is 29.9 Å². The molecule has 5 nitrogen and oxygen atoms in total. The third-order valence-corrected chi connectivity index (χ3v) is 3.72. The number of amides is 1. The average molecular weight is 312 g/mol. The van der Waals surface area contributed by atoms with Gasteiger partial charge in [-0.1, -0.05) is 30.9 Å². The van der Waals surface area contributed by atoms with Crippen LogP contribution in [-0.2, 0) is 9.53 Å². The highest BCUT2D eigenvalue weighted by atomic mass is 35.5. The molecule has 1 aliphatic rings. The number of nitrogens with one attached hydrogen (secondary N) is 1. The number of ether oxygens (including phenoxy) is 1. The Balaban J connectivity index is 1.82. The molecular weight excluding hydrogens is 294 g/mol. The van der Waals surface area contributed by atoms with Crippen LogP contribution in [0.3, 0.4) is 0 Å². The first-order valence-electron chi connectivity index (χ1n) is 7.01. The Morgan fingerprint density at radius 2 is 2.00 bits per heavy atom. The minimum absolute atomic E-state index is 0.0482. The highest BCUT2D eigenvalue weighted by Gasteiger charge is 2.18. The van der Waals surface area contributed by atoms with E-state index in [2.05, 4.69) is 5.32 Å². The molecule has 114 valence electrons. The van der Waals surface area contributed by atoms with Crippen molar-refractivity contribution in [3.63, 3.8) is 0 Å². The van der Waals surface area contributed by atoms with Crippen molar-refractivity contribution < 1.29 is 19.4 Å². The molecule has 1 amide bonds. The van der Waals surface area contributed by atoms with Crippen LogP contribution in [0.1, 0.15) is 42.5 Å². The normalized spacial score (nSPS) is 15.5. The maximum atomic E-state index is 11.8. The second-order valence-electron chi connectivity index (χ2n) is 5.14. The molecule has 2 rings (SSSR count). The molecule has 1 saturated carbocycles. The smallest absolute Gasteiger partial charge is 0.342 e. The van der Waals surface area contributed by atoms with E-state index in [1.165, 1.54) is 24.6 Å². The van der Waals surface area contributed by atoms with Gasteiger partial charge in [-0.15, -0.1) is 0 Å². The summed E-state index contributed by atoms with van der Waals surface area (Å²) in [6.45, 7) is -0.360. The Kier molecular flexibility index (Phi) is 5.44. The van der Waals surface area contributed by atoms with Gasteiger partial charge in [-0.05, 0) is 31.0 Å². The molecule has 6 heteroatoms. The van der Waals surface area contributed by atoms with Crippen LogP contribution < -0.4 is 5.32 Å². The Morgan fingerprint density at radius 1 is 1.29 bits per heavy atom. The molecular formula is C15H18ClNO4. The van der Waals surface area contributed by atoms with E-state index in [4.69, 9.17) is 16.3 Å². The molecule has 0 aromatic heterocycles. The number of phenolic OH excluding ortho intramolecular Hbond substituents is 1. The van der Waals surface area contributed by atoms with E-state index in [9.17, 15) is 14.7 Å². The summed E-state index contributed by atoms with van der Waals surface area (Å²) in [6, 6.07) is 4.24. The molecule has 1 aliphatic carbocycles. The van der Waals surface area contributed by atoms with Crippen molar-refractivity contribution in [1.29, 1.82) is 0 Å². The minimum atomic E-state index is -0.770. The largest absolute Gasteiger partial charge is 0.507 e. The van der Waals surface area contributed by atoms with Crippen molar-refractivity contribution >= 4 is 23.5 Å². The van der Waals surface area contributed by atoms with Crippen LogP contribution in [0.15, 0.2) is 18.2 Å². The monoisotopic (exact) mass is 311 g/mol. The van der Waals surface area contributed by atoms with Gasteiger partial charge in [0.25, 0.3) is 5.91 Å². The van der Waals surface area contributed by atoms with Gasteiger partial charge in [0.05, 0.1) is 0 Å². The van der Waals surface area contributed by atoms with Crippen LogP contribution >= 0.6 is 11.6 Å². The molecule has 0 atom stereocenters. The number of rotatable bonds is 4. The van der Waals surface area contributed by atoms with Gasteiger partial charge >= 0.3 is 5.97 Å². The number of halogens is 1. The van der Waals surface area contributed by atoms with Gasteiger partial charge < -0.3 is 15.2 Å². The number of benzene rings is 1. The summed E-state index contributed by atoms with van der Waals surface area (Å²) in [6.07, 6.45) is 5.36. The molecule has 1 fully saturated rings. The third kappa shape index (κ3) is 4.63. The highest BCUT2D eigenvalue weighted by molar-refractivity contribution is 6.31. The van der Waals surface area contributed by atoms with Crippen LogP contribution in [0, 0.1) is 0 Å². The summed E-state index contributed by atoms with van der Waals surface area (Å²) < 4.78 is 4.90. The predicted molar refractivity (Wildman–Crippen MR) is 78.4 cm³/mol. The molecule has 0 heterocycles. The molecule has 0 bridgehead atoms. The van der Waals surface area contributed by atoms with Crippen molar-refractivity contribution in [2.24, 2.45) is 0 Å². The standard InChI is InChI=1S/C15H18ClNO4/c16-10-6-7-13(18)12(8-10)15(20)21-9-14(19)17-11-4-2-1-3-5-11/h6-8,11,18H,1-5,9H2,(H,17,19). The molecule has 1 aromatic carbocycles. The van der Waals surface area contributed by atoms with Gasteiger partial charge in [0.1, 0.15) is 11.3 Å². The summed E-state index contributed by atoms with van der Waals surface area (Å²) in [5.41, 5.74) is -0.0482. The summed E-state index contributed by atoms with van der Waals surface area (Å²) in [7, 11) is 0. The van der Waals surface area contributed by atoms with E-state index in [0.717, 1.165) is 25.7 Å². The molecule has 21 heavy (non-hydrogen) atoms. The van der Waals surface area contributed by atoms with Gasteiger partial charge in [0, 0.05) is 11.1 Å². The fraction of sp³-hybridized carbons (Fsp3) is 0.467. The van der Waals surface area contributed by atoms with Crippen molar-refractivity contribution in [1.82, 2.24) is 5.32 Å². The topological polar surface area (TPSA) is 75.6 Å². The maximum Gasteiger partial charge on any atom is 0.342 e. The number of carbonyl (C=O) groups is 2. The number of hydrogen-bond acceptors (Lipinski definition) is 4. The lowest BCUT2D eigenvalue weighted by molar-refractivity contribution is -0.125. The zero-order valence-electron chi connectivity index (χ0n) is 11.6. The summed E-state index contributed by atoms with van der Waals surface area (Å²) in [4.78, 5) is 23.5. The first-order valence-corrected chi connectivity index (χ1v) is 7.39. The van der Waals surface area contributed by atoms with E-state index in [0.29, 0.717) is 5.02 Å². The Bertz CT molecular complexity index is 526. The van der Waals surface area contributed by atoms with Crippen LogP contribution in [0.2, 0.25) is 5.02 Å². The number of carbonyl (C=O) groups excluding carboxylic acids is 2. The lowest BCUT2D eigenvalue weighted by Crippen LogP contribution is -2.38. The summed E-state index contributed by atoms with van der Waals surface area (Å²) in [5.74, 6) is -1.32. The second-order valence-corrected chi connectivity index (χ2v) is 5.58. The number of hydrogen-bond donors (Lipinski definition) is 2. The van der Waals surface area contributed by atoms with Crippen molar-refractivity contribution in [3.05, 3.63) is 28.8 Å². The zero-order valence-corrected chi connectivity index (χ0v) is 12.4. The van der Waals surface area contributed by atoms with Crippen LogP contribution in [-0.4, -0.2) is 29.6 Å². The van der Waals surface area contributed by atoms with Crippen LogP contribution in [0.5, 0.6) is 5.75 Å². The fourth-order valence-corrected chi connectivity index (χ4v) is 2.57. The minimum Gasteiger partial charge on any atom is -0.507 e. The number of esters is 1. The van der Waals surface area contributed by atoms with E-state index in [1.807, 2.05) is 0 Å². The molecule has 1 aromatic rings. The van der Waals surface area contributed by atoms with Gasteiger partial charge in [0.2, 0.25) is 0 Å². The van der Waals surface area contributed by atoms with Crippen molar-refractivity contribution in [2.45, 2.75) is 38.1 Å². The van der Waals surface area contributed by atoms with Gasteiger partial charge in [-0.25, -0.2) is 4.79 Å². The van der Waals surface area contributed by atoms with Crippen LogP contribution in [0.25, 0.3) is 0 Å². The summed E-state index contributed by atoms with van der Waals surface area (Å²) >= 11 is 5.75. The van der Waals surface area contributed by atoms with E-state index < -0.39 is 5.97 Å². The zero-order chi connectivity index (χ0) is 15.2. The van der Waals surface area contributed by atoms with E-state index >= 15 is 0 Å². The molecule has 0 spiro atoms. The third-order valence-electron chi connectivity index (χ3n) is 3.48. The van der Waals surface area contributed by atoms with Gasteiger partial charge in [-0.3, -0.25) is 4.79 Å². The molecule has 2 N–H and O–H groups in total. The number of phenols is 1. The van der Waals surface area contributed by atoms with Crippen molar-refractivity contribution in [3.8, 4) is 5.75 Å². The second kappa shape index (κ2) is 7.31.